The average molecular weight is 364 g/mol. The van der Waals surface area contributed by atoms with Crippen molar-refractivity contribution in [3.05, 3.63) is 30.0 Å². The van der Waals surface area contributed by atoms with E-state index in [9.17, 15) is 13.2 Å². The third kappa shape index (κ3) is 3.14. The third-order valence-corrected chi connectivity index (χ3v) is 5.64. The molecule has 1 aromatic carbocycles. The van der Waals surface area contributed by atoms with Gasteiger partial charge in [-0.2, -0.15) is 5.10 Å². The summed E-state index contributed by atoms with van der Waals surface area (Å²) in [5.74, 6) is -0.00762. The van der Waals surface area contributed by atoms with Crippen molar-refractivity contribution in [3.63, 3.8) is 0 Å². The number of ether oxygens (including phenoxy) is 1. The molecule has 0 unspecified atom stereocenters. The van der Waals surface area contributed by atoms with Crippen LogP contribution in [0.4, 0.5) is 0 Å². The van der Waals surface area contributed by atoms with E-state index in [-0.39, 0.29) is 30.4 Å². The van der Waals surface area contributed by atoms with Crippen molar-refractivity contribution in [1.29, 1.82) is 0 Å². The second-order valence-corrected chi connectivity index (χ2v) is 8.47. The van der Waals surface area contributed by atoms with Gasteiger partial charge in [-0.3, -0.25) is 9.89 Å². The first-order chi connectivity index (χ1) is 11.9. The largest absolute Gasteiger partial charge is 0.376 e. The molecule has 25 heavy (non-hydrogen) atoms. The number of fused-ring (bicyclic) bond motifs is 2. The fourth-order valence-electron chi connectivity index (χ4n) is 3.84. The summed E-state index contributed by atoms with van der Waals surface area (Å²) in [5, 5.41) is 11.0. The molecule has 2 fully saturated rings. The van der Waals surface area contributed by atoms with Crippen LogP contribution in [0.15, 0.2) is 24.3 Å². The van der Waals surface area contributed by atoms with Crippen LogP contribution < -0.4 is 10.0 Å². The van der Waals surface area contributed by atoms with E-state index in [1.54, 1.807) is 0 Å². The van der Waals surface area contributed by atoms with Crippen LogP contribution in [-0.2, 0) is 26.0 Å². The van der Waals surface area contributed by atoms with Crippen LogP contribution in [0.25, 0.3) is 10.9 Å². The number of hydrogen-bond donors (Lipinski definition) is 3. The minimum Gasteiger partial charge on any atom is -0.376 e. The van der Waals surface area contributed by atoms with Crippen molar-refractivity contribution in [2.24, 2.45) is 5.92 Å². The Morgan fingerprint density at radius 2 is 2.16 bits per heavy atom. The number of hydrogen-bond acceptors (Lipinski definition) is 5. The van der Waals surface area contributed by atoms with Crippen LogP contribution in [0.1, 0.15) is 12.1 Å². The Bertz CT molecular complexity index is 910. The number of aromatic nitrogens is 2. The zero-order valence-electron chi connectivity index (χ0n) is 13.7. The van der Waals surface area contributed by atoms with Gasteiger partial charge in [-0.1, -0.05) is 18.2 Å². The number of rotatable bonds is 5. The highest BCUT2D eigenvalue weighted by Gasteiger charge is 2.55. The number of nitrogens with one attached hydrogen (secondary N) is 3. The van der Waals surface area contributed by atoms with Crippen molar-refractivity contribution in [2.75, 3.05) is 12.9 Å². The molecule has 0 bridgehead atoms. The molecular formula is C16H20N4O4S. The zero-order valence-corrected chi connectivity index (χ0v) is 14.5. The van der Waals surface area contributed by atoms with Gasteiger partial charge < -0.3 is 10.1 Å². The molecule has 1 aliphatic heterocycles. The van der Waals surface area contributed by atoms with Gasteiger partial charge in [-0.05, 0) is 12.5 Å². The van der Waals surface area contributed by atoms with Gasteiger partial charge in [0.15, 0.2) is 0 Å². The molecule has 8 nitrogen and oxygen atoms in total. The van der Waals surface area contributed by atoms with Crippen LogP contribution in [0, 0.1) is 5.92 Å². The monoisotopic (exact) mass is 364 g/mol. The molecule has 1 saturated heterocycles. The molecule has 2 heterocycles. The Hall–Kier alpha value is -1.97. The van der Waals surface area contributed by atoms with E-state index in [0.717, 1.165) is 29.3 Å². The molecule has 0 radical (unpaired) electrons. The zero-order chi connectivity index (χ0) is 17.6. The molecule has 9 heteroatoms. The predicted octanol–water partition coefficient (Wildman–Crippen LogP) is -0.0733. The van der Waals surface area contributed by atoms with Gasteiger partial charge in [0.1, 0.15) is 0 Å². The molecular weight excluding hydrogens is 344 g/mol. The number of para-hydroxylation sites is 1. The number of H-pyrrole nitrogens is 1. The summed E-state index contributed by atoms with van der Waals surface area (Å²) in [6.07, 6.45) is 1.95. The minimum absolute atomic E-state index is 0.154. The van der Waals surface area contributed by atoms with Gasteiger partial charge >= 0.3 is 0 Å². The van der Waals surface area contributed by atoms with E-state index < -0.39 is 16.1 Å². The average Bonchev–Trinajstić information content (AvgIpc) is 3.15. The summed E-state index contributed by atoms with van der Waals surface area (Å²) in [6, 6.07) is 6.93. The number of amides is 1. The van der Waals surface area contributed by atoms with Gasteiger partial charge in [0.25, 0.3) is 0 Å². The van der Waals surface area contributed by atoms with Crippen molar-refractivity contribution in [1.82, 2.24) is 20.2 Å². The molecule has 134 valence electrons. The molecule has 4 atom stereocenters. The third-order valence-electron chi connectivity index (χ3n) is 4.94. The van der Waals surface area contributed by atoms with E-state index in [0.29, 0.717) is 6.61 Å². The van der Waals surface area contributed by atoms with Gasteiger partial charge in [0.2, 0.25) is 15.9 Å². The van der Waals surface area contributed by atoms with E-state index in [4.69, 9.17) is 4.74 Å². The summed E-state index contributed by atoms with van der Waals surface area (Å²) in [6.45, 7) is 0.592. The van der Waals surface area contributed by atoms with Gasteiger partial charge in [0, 0.05) is 17.9 Å². The lowest BCUT2D eigenvalue weighted by Crippen LogP contribution is -2.70. The van der Waals surface area contributed by atoms with Crippen LogP contribution in [0.3, 0.4) is 0 Å². The van der Waals surface area contributed by atoms with Crippen LogP contribution in [0.2, 0.25) is 0 Å². The quantitative estimate of drug-likeness (QED) is 0.687. The number of benzene rings is 1. The van der Waals surface area contributed by atoms with Gasteiger partial charge in [0.05, 0.1) is 42.1 Å². The highest BCUT2D eigenvalue weighted by molar-refractivity contribution is 7.88. The summed E-state index contributed by atoms with van der Waals surface area (Å²) >= 11 is 0. The molecule has 4 rings (SSSR count). The maximum absolute atomic E-state index is 12.5. The Morgan fingerprint density at radius 3 is 2.96 bits per heavy atom. The smallest absolute Gasteiger partial charge is 0.226 e. The Balaban J connectivity index is 1.46. The fraction of sp³-hybridized carbons (Fsp3) is 0.500. The standard InChI is InChI=1S/C16H20N4O4S/c1-25(22,23)20-15-14(10-6-7-24-16(10)15)17-13(21)8-12-9-4-2-3-5-11(9)18-19-12/h2-5,10,14-16,20H,6-8H2,1H3,(H,17,21)(H,18,19)/t10-,14+,15-,16-/m1/s1. The van der Waals surface area contributed by atoms with Crippen molar-refractivity contribution < 1.29 is 17.9 Å². The van der Waals surface area contributed by atoms with Gasteiger partial charge in [-0.25, -0.2) is 13.1 Å². The molecule has 1 aliphatic carbocycles. The SMILES string of the molecule is CS(=O)(=O)N[C@@H]1[C@@H](NC(=O)Cc2[nH]nc3ccccc23)[C@H]2CCO[C@H]21. The lowest BCUT2D eigenvalue weighted by molar-refractivity contribution is -0.124. The topological polar surface area (TPSA) is 113 Å². The second-order valence-electron chi connectivity index (χ2n) is 6.69. The number of nitrogens with zero attached hydrogens (tertiary/aromatic N) is 1. The molecule has 3 N–H and O–H groups in total. The van der Waals surface area contributed by atoms with Crippen LogP contribution in [0.5, 0.6) is 0 Å². The normalized spacial score (nSPS) is 28.5. The molecule has 1 saturated carbocycles. The molecule has 1 amide bonds. The second kappa shape index (κ2) is 6.08. The van der Waals surface area contributed by atoms with E-state index >= 15 is 0 Å². The number of aromatic amines is 1. The first-order valence-electron chi connectivity index (χ1n) is 8.22. The number of carbonyl (C=O) groups is 1. The first-order valence-corrected chi connectivity index (χ1v) is 10.1. The lowest BCUT2D eigenvalue weighted by atomic mass is 9.72. The molecule has 2 aliphatic rings. The maximum atomic E-state index is 12.5. The summed E-state index contributed by atoms with van der Waals surface area (Å²) in [7, 11) is -3.37. The van der Waals surface area contributed by atoms with E-state index in [1.165, 1.54) is 0 Å². The Kier molecular flexibility index (Phi) is 4.01. The summed E-state index contributed by atoms with van der Waals surface area (Å²) < 4.78 is 31.3. The van der Waals surface area contributed by atoms with Crippen LogP contribution in [-0.4, -0.2) is 55.6 Å². The number of sulfonamides is 1. The minimum atomic E-state index is -3.37. The van der Waals surface area contributed by atoms with Crippen LogP contribution >= 0.6 is 0 Å². The number of carbonyl (C=O) groups excluding carboxylic acids is 1. The lowest BCUT2D eigenvalue weighted by Gasteiger charge is -2.47. The molecule has 2 aromatic rings. The van der Waals surface area contributed by atoms with Crippen molar-refractivity contribution >= 4 is 26.8 Å². The summed E-state index contributed by atoms with van der Waals surface area (Å²) in [5.41, 5.74) is 1.56. The highest BCUT2D eigenvalue weighted by atomic mass is 32.2. The van der Waals surface area contributed by atoms with Gasteiger partial charge in [-0.15, -0.1) is 0 Å². The first kappa shape index (κ1) is 16.5. The Labute approximate surface area is 145 Å². The van der Waals surface area contributed by atoms with Crippen molar-refractivity contribution in [3.8, 4) is 0 Å². The Morgan fingerprint density at radius 1 is 1.36 bits per heavy atom. The van der Waals surface area contributed by atoms with E-state index in [2.05, 4.69) is 20.2 Å². The molecule has 0 spiro atoms. The highest BCUT2D eigenvalue weighted by Crippen LogP contribution is 2.39. The fourth-order valence-corrected chi connectivity index (χ4v) is 4.61. The maximum Gasteiger partial charge on any atom is 0.226 e. The van der Waals surface area contributed by atoms with E-state index in [1.807, 2.05) is 24.3 Å². The molecule has 1 aromatic heterocycles. The van der Waals surface area contributed by atoms with Crippen molar-refractivity contribution in [2.45, 2.75) is 31.0 Å². The summed E-state index contributed by atoms with van der Waals surface area (Å²) in [4.78, 5) is 12.5. The predicted molar refractivity (Wildman–Crippen MR) is 91.3 cm³/mol.